The van der Waals surface area contributed by atoms with E-state index in [1.807, 2.05) is 91.0 Å². The summed E-state index contributed by atoms with van der Waals surface area (Å²) in [5.41, 5.74) is 7.43. The minimum Gasteiger partial charge on any atom is -0.344 e. The second-order valence-electron chi connectivity index (χ2n) is 11.0. The van der Waals surface area contributed by atoms with Gasteiger partial charge in [0, 0.05) is 16.7 Å². The number of allylic oxidation sites excluding steroid dienone is 2. The molecule has 6 aromatic carbocycles. The van der Waals surface area contributed by atoms with Crippen LogP contribution in [0.4, 0.5) is 0 Å². The van der Waals surface area contributed by atoms with E-state index in [2.05, 4.69) is 66.0 Å². The monoisotopic (exact) mass is 593 g/mol. The predicted octanol–water partition coefficient (Wildman–Crippen LogP) is 8.99. The van der Waals surface area contributed by atoms with E-state index in [9.17, 15) is 0 Å². The van der Waals surface area contributed by atoms with Gasteiger partial charge < -0.3 is 16.1 Å². The van der Waals surface area contributed by atoms with Gasteiger partial charge in [-0.25, -0.2) is 9.98 Å². The van der Waals surface area contributed by atoms with Gasteiger partial charge >= 0.3 is 0 Å². The van der Waals surface area contributed by atoms with Crippen molar-refractivity contribution in [2.45, 2.75) is 6.17 Å². The molecule has 6 aromatic rings. The zero-order valence-corrected chi connectivity index (χ0v) is 25.1. The van der Waals surface area contributed by atoms with Gasteiger partial charge in [-0.3, -0.25) is 0 Å². The van der Waals surface area contributed by atoms with Crippen molar-refractivity contribution < 1.29 is 0 Å². The van der Waals surface area contributed by atoms with Gasteiger partial charge in [0.25, 0.3) is 0 Å². The van der Waals surface area contributed by atoms with Crippen LogP contribution in [0.25, 0.3) is 21.9 Å². The highest BCUT2D eigenvalue weighted by Crippen LogP contribution is 2.37. The molecule has 0 fully saturated rings. The molecule has 0 amide bonds. The maximum absolute atomic E-state index is 8.68. The van der Waals surface area contributed by atoms with Crippen molar-refractivity contribution >= 4 is 33.9 Å². The number of hydrogen-bond acceptors (Lipinski definition) is 5. The Hall–Kier alpha value is -6.20. The van der Waals surface area contributed by atoms with Crippen LogP contribution < -0.4 is 5.32 Å². The lowest BCUT2D eigenvalue weighted by Crippen LogP contribution is -2.33. The number of aliphatic imine (C=N–C) groups is 2. The van der Waals surface area contributed by atoms with Crippen molar-refractivity contribution in [1.29, 1.82) is 10.8 Å². The maximum Gasteiger partial charge on any atom is 0.159 e. The fourth-order valence-corrected chi connectivity index (χ4v) is 5.70. The third-order valence-corrected chi connectivity index (χ3v) is 8.06. The molecule has 5 heteroatoms. The summed E-state index contributed by atoms with van der Waals surface area (Å²) in [5, 5.41) is 22.9. The molecule has 1 atom stereocenters. The number of rotatable bonds is 8. The predicted molar refractivity (Wildman–Crippen MR) is 190 cm³/mol. The molecular weight excluding hydrogens is 562 g/mol. The van der Waals surface area contributed by atoms with Gasteiger partial charge in [-0.2, -0.15) is 0 Å². The molecular formula is C41H31N5. The smallest absolute Gasteiger partial charge is 0.159 e. The quantitative estimate of drug-likeness (QED) is 0.151. The molecule has 5 nitrogen and oxygen atoms in total. The van der Waals surface area contributed by atoms with Crippen molar-refractivity contribution in [3.05, 3.63) is 192 Å². The highest BCUT2D eigenvalue weighted by molar-refractivity contribution is 6.14. The topological polar surface area (TPSA) is 84.5 Å². The fraction of sp³-hybridized carbons (Fsp3) is 0.0244. The molecule has 0 radical (unpaired) electrons. The number of fused-ring (bicyclic) bond motifs is 1. The van der Waals surface area contributed by atoms with Gasteiger partial charge in [-0.1, -0.05) is 152 Å². The average molecular weight is 594 g/mol. The Kier molecular flexibility index (Phi) is 7.95. The van der Waals surface area contributed by atoms with E-state index in [1.165, 1.54) is 0 Å². The molecule has 3 N–H and O–H groups in total. The van der Waals surface area contributed by atoms with Crippen LogP contribution in [0.2, 0.25) is 0 Å². The Bertz CT molecular complexity index is 2130. The van der Waals surface area contributed by atoms with Crippen LogP contribution in [0, 0.1) is 10.8 Å². The molecule has 1 aliphatic rings. The van der Waals surface area contributed by atoms with Crippen LogP contribution in [-0.4, -0.2) is 23.1 Å². The zero-order valence-electron chi connectivity index (χ0n) is 25.1. The molecule has 0 saturated carbocycles. The molecule has 0 saturated heterocycles. The summed E-state index contributed by atoms with van der Waals surface area (Å²) >= 11 is 0. The largest absolute Gasteiger partial charge is 0.344 e. The fourth-order valence-electron chi connectivity index (χ4n) is 5.70. The Morgan fingerprint density at radius 1 is 0.543 bits per heavy atom. The second kappa shape index (κ2) is 12.8. The van der Waals surface area contributed by atoms with Gasteiger partial charge in [-0.15, -0.1) is 0 Å². The molecule has 0 aromatic heterocycles. The summed E-state index contributed by atoms with van der Waals surface area (Å²) < 4.78 is 0. The van der Waals surface area contributed by atoms with Crippen LogP contribution >= 0.6 is 0 Å². The highest BCUT2D eigenvalue weighted by Gasteiger charge is 2.24. The molecule has 0 aliphatic carbocycles. The molecule has 1 heterocycles. The highest BCUT2D eigenvalue weighted by atomic mass is 15.2. The first-order chi connectivity index (χ1) is 22.6. The van der Waals surface area contributed by atoms with Gasteiger partial charge in [-0.05, 0) is 45.2 Å². The van der Waals surface area contributed by atoms with E-state index < -0.39 is 0 Å². The Morgan fingerprint density at radius 3 is 1.78 bits per heavy atom. The van der Waals surface area contributed by atoms with Crippen LogP contribution in [0.5, 0.6) is 0 Å². The maximum atomic E-state index is 8.68. The van der Waals surface area contributed by atoms with Crippen molar-refractivity contribution in [2.24, 2.45) is 9.98 Å². The third kappa shape index (κ3) is 5.94. The summed E-state index contributed by atoms with van der Waals surface area (Å²) in [6.45, 7) is 0. The van der Waals surface area contributed by atoms with Gasteiger partial charge in [0.1, 0.15) is 12.0 Å². The van der Waals surface area contributed by atoms with Gasteiger partial charge in [0.05, 0.1) is 11.4 Å². The Morgan fingerprint density at radius 2 is 1.11 bits per heavy atom. The van der Waals surface area contributed by atoms with Crippen LogP contribution in [0.3, 0.4) is 0 Å². The van der Waals surface area contributed by atoms with E-state index in [0.29, 0.717) is 17.3 Å². The lowest BCUT2D eigenvalue weighted by atomic mass is 9.91. The second-order valence-corrected chi connectivity index (χ2v) is 11.0. The van der Waals surface area contributed by atoms with Crippen LogP contribution in [0.15, 0.2) is 174 Å². The van der Waals surface area contributed by atoms with Crippen molar-refractivity contribution in [3.63, 3.8) is 0 Å². The summed E-state index contributed by atoms with van der Waals surface area (Å²) in [4.78, 5) is 10.1. The molecule has 220 valence electrons. The van der Waals surface area contributed by atoms with Crippen molar-refractivity contribution in [3.8, 4) is 11.1 Å². The van der Waals surface area contributed by atoms with Crippen molar-refractivity contribution in [2.75, 3.05) is 0 Å². The standard InChI is InChI=1S/C41H31N5/c42-36(29-13-4-1-5-14-29)26-27-37(43)30-20-22-31(23-21-30)38-34-19-11-10-12-28(34)24-25-35(38)41-45-39(32-15-6-2-7-16-32)44-40(46-41)33-17-8-3-9-18-33/h1-27,41-43H,(H,44,45,46)/b27-26-,42-36?,43-37?. The van der Waals surface area contributed by atoms with E-state index in [0.717, 1.165) is 55.6 Å². The third-order valence-electron chi connectivity index (χ3n) is 8.06. The number of nitrogens with zero attached hydrogens (tertiary/aromatic N) is 2. The minimum absolute atomic E-state index is 0.347. The number of benzene rings is 6. The summed E-state index contributed by atoms with van der Waals surface area (Å²) in [7, 11) is 0. The zero-order chi connectivity index (χ0) is 31.3. The van der Waals surface area contributed by atoms with Crippen LogP contribution in [0.1, 0.15) is 34.0 Å². The molecule has 46 heavy (non-hydrogen) atoms. The number of amidine groups is 2. The lowest BCUT2D eigenvalue weighted by molar-refractivity contribution is 0.676. The first-order valence-corrected chi connectivity index (χ1v) is 15.2. The lowest BCUT2D eigenvalue weighted by Gasteiger charge is -2.26. The van der Waals surface area contributed by atoms with E-state index in [1.54, 1.807) is 12.2 Å². The number of nitrogens with one attached hydrogen (secondary N) is 3. The summed E-state index contributed by atoms with van der Waals surface area (Å²) in [6.07, 6.45) is 2.98. The summed E-state index contributed by atoms with van der Waals surface area (Å²) in [5.74, 6) is 1.45. The minimum atomic E-state index is -0.382. The van der Waals surface area contributed by atoms with Crippen LogP contribution in [-0.2, 0) is 0 Å². The Balaban J connectivity index is 1.27. The normalized spacial score (nSPS) is 14.4. The molecule has 0 bridgehead atoms. The van der Waals surface area contributed by atoms with Crippen molar-refractivity contribution in [1.82, 2.24) is 5.32 Å². The first-order valence-electron chi connectivity index (χ1n) is 15.2. The molecule has 7 rings (SSSR count). The van der Waals surface area contributed by atoms with E-state index in [4.69, 9.17) is 20.8 Å². The summed E-state index contributed by atoms with van der Waals surface area (Å²) in [6, 6.07) is 50.6. The van der Waals surface area contributed by atoms with Gasteiger partial charge in [0.15, 0.2) is 5.84 Å². The average Bonchev–Trinajstić information content (AvgIpc) is 3.14. The van der Waals surface area contributed by atoms with E-state index in [-0.39, 0.29) is 6.17 Å². The first kappa shape index (κ1) is 28.6. The molecule has 1 unspecified atom stereocenters. The number of hydrogen-bond donors (Lipinski definition) is 3. The van der Waals surface area contributed by atoms with Gasteiger partial charge in [0.2, 0.25) is 0 Å². The van der Waals surface area contributed by atoms with E-state index >= 15 is 0 Å². The Labute approximate surface area is 268 Å². The molecule has 1 aliphatic heterocycles. The molecule has 0 spiro atoms. The SMILES string of the molecule is N=C(/C=C\C(=N)c1ccc(-c2c(C3N=C(c4ccccc4)N=C(c4ccccc4)N3)ccc3ccccc23)cc1)c1ccccc1.